The van der Waals surface area contributed by atoms with Gasteiger partial charge in [-0.2, -0.15) is 0 Å². The molecule has 0 atom stereocenters. The number of aromatic amines is 1. The number of halogens is 2. The number of aromatic nitrogens is 1. The number of furan rings is 1. The van der Waals surface area contributed by atoms with Crippen LogP contribution in [0.5, 0.6) is 0 Å². The lowest BCUT2D eigenvalue weighted by atomic mass is 10.1. The lowest BCUT2D eigenvalue weighted by Crippen LogP contribution is -1.99. The van der Waals surface area contributed by atoms with Gasteiger partial charge in [0.2, 0.25) is 0 Å². The van der Waals surface area contributed by atoms with Gasteiger partial charge in [-0.15, -0.1) is 0 Å². The molecule has 2 aromatic heterocycles. The summed E-state index contributed by atoms with van der Waals surface area (Å²) >= 11 is 9.35. The molecule has 3 rings (SSSR count). The Balaban J connectivity index is 2.22. The molecule has 0 saturated carbocycles. The van der Waals surface area contributed by atoms with Crippen LogP contribution in [-0.4, -0.2) is 10.8 Å². The van der Waals surface area contributed by atoms with E-state index in [0.29, 0.717) is 20.8 Å². The molecule has 0 spiro atoms. The molecule has 2 heterocycles. The number of ketones is 1. The van der Waals surface area contributed by atoms with E-state index in [-0.39, 0.29) is 5.78 Å². The molecule has 5 heteroatoms. The van der Waals surface area contributed by atoms with Crippen molar-refractivity contribution < 1.29 is 9.21 Å². The molecule has 18 heavy (non-hydrogen) atoms. The van der Waals surface area contributed by atoms with E-state index in [4.69, 9.17) is 16.0 Å². The second-order valence-electron chi connectivity index (χ2n) is 3.80. The van der Waals surface area contributed by atoms with E-state index < -0.39 is 0 Å². The van der Waals surface area contributed by atoms with Crippen molar-refractivity contribution in [2.75, 3.05) is 0 Å². The summed E-state index contributed by atoms with van der Waals surface area (Å²) in [5.74, 6) is -0.130. The lowest BCUT2D eigenvalue weighted by molar-refractivity contribution is 0.103. The summed E-state index contributed by atoms with van der Waals surface area (Å²) < 4.78 is 5.50. The summed E-state index contributed by atoms with van der Waals surface area (Å²) in [5.41, 5.74) is 1.86. The van der Waals surface area contributed by atoms with E-state index in [1.807, 2.05) is 12.1 Å². The molecule has 0 bridgehead atoms. The molecule has 1 aromatic carbocycles. The molecule has 0 unspecified atom stereocenters. The normalized spacial score (nSPS) is 11.0. The maximum absolute atomic E-state index is 12.4. The zero-order chi connectivity index (χ0) is 12.7. The fourth-order valence-corrected chi connectivity index (χ4v) is 2.62. The lowest BCUT2D eigenvalue weighted by Gasteiger charge is -1.99. The van der Waals surface area contributed by atoms with Gasteiger partial charge in [-0.05, 0) is 34.1 Å². The Hall–Kier alpha value is -1.52. The van der Waals surface area contributed by atoms with Gasteiger partial charge in [0, 0.05) is 22.7 Å². The van der Waals surface area contributed by atoms with Crippen molar-refractivity contribution in [3.8, 4) is 0 Å². The molecule has 0 radical (unpaired) electrons. The van der Waals surface area contributed by atoms with Crippen molar-refractivity contribution in [2.24, 2.45) is 0 Å². The van der Waals surface area contributed by atoms with Gasteiger partial charge >= 0.3 is 0 Å². The van der Waals surface area contributed by atoms with Crippen LogP contribution in [0.15, 0.2) is 45.8 Å². The molecule has 3 aromatic rings. The fraction of sp³-hybridized carbons (Fsp3) is 0. The van der Waals surface area contributed by atoms with Crippen LogP contribution in [0.4, 0.5) is 0 Å². The first-order valence-electron chi connectivity index (χ1n) is 5.22. The summed E-state index contributed by atoms with van der Waals surface area (Å²) in [6.45, 7) is 0. The van der Waals surface area contributed by atoms with Crippen molar-refractivity contribution in [1.29, 1.82) is 0 Å². The summed E-state index contributed by atoms with van der Waals surface area (Å²) in [4.78, 5) is 15.4. The third-order valence-electron chi connectivity index (χ3n) is 2.76. The molecule has 90 valence electrons. The Bertz CT molecular complexity index is 744. The molecule has 0 amide bonds. The number of hydrogen-bond acceptors (Lipinski definition) is 2. The average Bonchev–Trinajstić information content (AvgIpc) is 2.95. The van der Waals surface area contributed by atoms with E-state index in [1.54, 1.807) is 18.3 Å². The first kappa shape index (κ1) is 11.6. The number of H-pyrrole nitrogens is 1. The van der Waals surface area contributed by atoms with Crippen LogP contribution in [-0.2, 0) is 0 Å². The summed E-state index contributed by atoms with van der Waals surface area (Å²) in [7, 11) is 0. The van der Waals surface area contributed by atoms with Gasteiger partial charge in [0.15, 0.2) is 10.5 Å². The zero-order valence-electron chi connectivity index (χ0n) is 9.04. The monoisotopic (exact) mass is 323 g/mol. The Labute approximate surface area is 116 Å². The number of hydrogen-bond donors (Lipinski definition) is 1. The van der Waals surface area contributed by atoms with Crippen molar-refractivity contribution >= 4 is 44.2 Å². The summed E-state index contributed by atoms with van der Waals surface area (Å²) in [5, 5.41) is 1.29. The Morgan fingerprint density at radius 2 is 2.11 bits per heavy atom. The molecule has 0 fully saturated rings. The van der Waals surface area contributed by atoms with Crippen LogP contribution in [0.2, 0.25) is 5.02 Å². The molecular weight excluding hydrogens is 318 g/mol. The topological polar surface area (TPSA) is 46.0 Å². The van der Waals surface area contributed by atoms with Crippen molar-refractivity contribution in [1.82, 2.24) is 4.98 Å². The van der Waals surface area contributed by atoms with Crippen molar-refractivity contribution in [3.63, 3.8) is 0 Å². The molecule has 0 aliphatic rings. The largest absolute Gasteiger partial charge is 0.457 e. The minimum Gasteiger partial charge on any atom is -0.457 e. The van der Waals surface area contributed by atoms with Gasteiger partial charge in [-0.1, -0.05) is 17.7 Å². The quantitative estimate of drug-likeness (QED) is 0.710. The fourth-order valence-electron chi connectivity index (χ4n) is 1.92. The molecule has 0 aliphatic heterocycles. The number of carbonyl (C=O) groups excluding carboxylic acids is 1. The van der Waals surface area contributed by atoms with Gasteiger partial charge in [0.1, 0.15) is 0 Å². The average molecular weight is 325 g/mol. The third kappa shape index (κ3) is 1.69. The van der Waals surface area contributed by atoms with Crippen LogP contribution < -0.4 is 0 Å². The van der Waals surface area contributed by atoms with E-state index >= 15 is 0 Å². The Morgan fingerprint density at radius 3 is 2.83 bits per heavy atom. The molecule has 0 saturated heterocycles. The van der Waals surface area contributed by atoms with Gasteiger partial charge < -0.3 is 9.40 Å². The van der Waals surface area contributed by atoms with E-state index in [1.165, 1.54) is 6.26 Å². The van der Waals surface area contributed by atoms with Crippen LogP contribution in [0, 0.1) is 0 Å². The van der Waals surface area contributed by atoms with Crippen LogP contribution in [0.1, 0.15) is 15.9 Å². The molecule has 0 aliphatic carbocycles. The van der Waals surface area contributed by atoms with Gasteiger partial charge in [0.25, 0.3) is 0 Å². The zero-order valence-corrected chi connectivity index (χ0v) is 11.4. The maximum Gasteiger partial charge on any atom is 0.199 e. The standard InChI is InChI=1S/C13H7BrClNO2/c14-13-7(4-5-18-13)12(17)8-6-16-10-3-1-2-9(15)11(8)10/h1-6,16H. The number of nitrogens with one attached hydrogen (secondary N) is 1. The smallest absolute Gasteiger partial charge is 0.199 e. The first-order chi connectivity index (χ1) is 8.68. The number of benzene rings is 1. The Kier molecular flexibility index (Phi) is 2.76. The summed E-state index contributed by atoms with van der Waals surface area (Å²) in [6, 6.07) is 7.10. The van der Waals surface area contributed by atoms with E-state index in [2.05, 4.69) is 20.9 Å². The number of fused-ring (bicyclic) bond motifs is 1. The molecule has 3 nitrogen and oxygen atoms in total. The number of rotatable bonds is 2. The van der Waals surface area contributed by atoms with Crippen LogP contribution in [0.3, 0.4) is 0 Å². The van der Waals surface area contributed by atoms with Gasteiger partial charge in [-0.25, -0.2) is 0 Å². The van der Waals surface area contributed by atoms with Crippen LogP contribution in [0.25, 0.3) is 10.9 Å². The molecule has 1 N–H and O–H groups in total. The predicted octanol–water partition coefficient (Wildman–Crippen LogP) is 4.41. The van der Waals surface area contributed by atoms with E-state index in [0.717, 1.165) is 10.9 Å². The SMILES string of the molecule is O=C(c1ccoc1Br)c1c[nH]c2cccc(Cl)c12. The van der Waals surface area contributed by atoms with Gasteiger partial charge in [-0.3, -0.25) is 4.79 Å². The minimum absolute atomic E-state index is 0.130. The summed E-state index contributed by atoms with van der Waals surface area (Å²) in [6.07, 6.45) is 3.13. The highest BCUT2D eigenvalue weighted by molar-refractivity contribution is 9.10. The highest BCUT2D eigenvalue weighted by atomic mass is 79.9. The Morgan fingerprint density at radius 1 is 1.28 bits per heavy atom. The van der Waals surface area contributed by atoms with Crippen molar-refractivity contribution in [2.45, 2.75) is 0 Å². The van der Waals surface area contributed by atoms with E-state index in [9.17, 15) is 4.79 Å². The predicted molar refractivity (Wildman–Crippen MR) is 73.1 cm³/mol. The number of carbonyl (C=O) groups is 1. The maximum atomic E-state index is 12.4. The first-order valence-corrected chi connectivity index (χ1v) is 6.39. The van der Waals surface area contributed by atoms with Gasteiger partial charge in [0.05, 0.1) is 16.8 Å². The second kappa shape index (κ2) is 4.30. The minimum atomic E-state index is -0.130. The third-order valence-corrected chi connectivity index (χ3v) is 3.69. The highest BCUT2D eigenvalue weighted by Crippen LogP contribution is 2.30. The van der Waals surface area contributed by atoms with Crippen molar-refractivity contribution in [3.05, 3.63) is 57.5 Å². The second-order valence-corrected chi connectivity index (χ2v) is 4.93. The molecular formula is C13H7BrClNO2. The highest BCUT2D eigenvalue weighted by Gasteiger charge is 2.19. The van der Waals surface area contributed by atoms with Crippen LogP contribution >= 0.6 is 27.5 Å².